The summed E-state index contributed by atoms with van der Waals surface area (Å²) >= 11 is 0. The molecule has 1 N–H and O–H groups in total. The molecule has 2 aromatic rings. The molecule has 5 nitrogen and oxygen atoms in total. The number of carbonyl (C=O) groups excluding carboxylic acids is 1. The lowest BCUT2D eigenvalue weighted by Crippen LogP contribution is -2.09. The Bertz CT molecular complexity index is 740. The number of aryl methyl sites for hydroxylation is 1. The van der Waals surface area contributed by atoms with Gasteiger partial charge >= 0.3 is 0 Å². The molecule has 0 saturated heterocycles. The first-order valence-corrected chi connectivity index (χ1v) is 6.45. The fourth-order valence-corrected chi connectivity index (χ4v) is 1.82. The van der Waals surface area contributed by atoms with Crippen molar-refractivity contribution in [3.63, 3.8) is 0 Å². The Labute approximate surface area is 126 Å². The molecule has 22 heavy (non-hydrogen) atoms. The molecule has 0 saturated carbocycles. The van der Waals surface area contributed by atoms with E-state index in [2.05, 4.69) is 5.32 Å². The van der Waals surface area contributed by atoms with Crippen molar-refractivity contribution in [3.05, 3.63) is 75.6 Å². The quantitative estimate of drug-likeness (QED) is 0.531. The smallest absolute Gasteiger partial charge is 0.269 e. The summed E-state index contributed by atoms with van der Waals surface area (Å²) in [4.78, 5) is 22.0. The molecule has 0 radical (unpaired) electrons. The van der Waals surface area contributed by atoms with Crippen molar-refractivity contribution in [1.82, 2.24) is 0 Å². The molecular weight excluding hydrogens is 287 g/mol. The number of nitro groups is 1. The molecule has 0 aromatic heterocycles. The molecule has 6 heteroatoms. The van der Waals surface area contributed by atoms with E-state index in [9.17, 15) is 19.3 Å². The molecule has 2 aromatic carbocycles. The summed E-state index contributed by atoms with van der Waals surface area (Å²) in [7, 11) is 0. The first-order valence-electron chi connectivity index (χ1n) is 6.45. The van der Waals surface area contributed by atoms with Crippen molar-refractivity contribution in [3.8, 4) is 0 Å². The van der Waals surface area contributed by atoms with Gasteiger partial charge in [0.25, 0.3) is 5.69 Å². The number of nitrogens with one attached hydrogen (secondary N) is 1. The van der Waals surface area contributed by atoms with Crippen LogP contribution < -0.4 is 5.32 Å². The highest BCUT2D eigenvalue weighted by atomic mass is 19.1. The number of rotatable bonds is 4. The minimum atomic E-state index is -0.493. The summed E-state index contributed by atoms with van der Waals surface area (Å²) in [6, 6.07) is 9.91. The van der Waals surface area contributed by atoms with Gasteiger partial charge in [-0.2, -0.15) is 0 Å². The summed E-state index contributed by atoms with van der Waals surface area (Å²) in [6.07, 6.45) is 2.86. The van der Waals surface area contributed by atoms with Crippen molar-refractivity contribution in [1.29, 1.82) is 0 Å². The van der Waals surface area contributed by atoms with Crippen molar-refractivity contribution >= 4 is 23.4 Å². The van der Waals surface area contributed by atoms with Crippen LogP contribution in [0.5, 0.6) is 0 Å². The molecule has 112 valence electrons. The number of hydrogen-bond donors (Lipinski definition) is 1. The fourth-order valence-electron chi connectivity index (χ4n) is 1.82. The van der Waals surface area contributed by atoms with Gasteiger partial charge in [-0.15, -0.1) is 0 Å². The second-order valence-electron chi connectivity index (χ2n) is 4.63. The number of halogens is 1. The largest absolute Gasteiger partial charge is 0.322 e. The van der Waals surface area contributed by atoms with Crippen LogP contribution in [0.25, 0.3) is 6.08 Å². The Morgan fingerprint density at radius 2 is 1.91 bits per heavy atom. The van der Waals surface area contributed by atoms with Gasteiger partial charge in [-0.1, -0.05) is 12.1 Å². The van der Waals surface area contributed by atoms with Crippen LogP contribution in [0.2, 0.25) is 0 Å². The van der Waals surface area contributed by atoms with E-state index in [1.165, 1.54) is 36.4 Å². The van der Waals surface area contributed by atoms with Gasteiger partial charge in [0.2, 0.25) is 5.91 Å². The monoisotopic (exact) mass is 300 g/mol. The van der Waals surface area contributed by atoms with Crippen LogP contribution in [0.4, 0.5) is 15.8 Å². The van der Waals surface area contributed by atoms with E-state index in [0.717, 1.165) is 0 Å². The Hall–Kier alpha value is -3.02. The second-order valence-corrected chi connectivity index (χ2v) is 4.63. The fraction of sp³-hybridized carbons (Fsp3) is 0.0625. The average Bonchev–Trinajstić information content (AvgIpc) is 2.48. The van der Waals surface area contributed by atoms with E-state index >= 15 is 0 Å². The molecule has 0 heterocycles. The van der Waals surface area contributed by atoms with Crippen LogP contribution in [-0.4, -0.2) is 10.8 Å². The maximum atomic E-state index is 12.8. The second kappa shape index (κ2) is 6.62. The zero-order chi connectivity index (χ0) is 16.1. The van der Waals surface area contributed by atoms with Gasteiger partial charge in [0.1, 0.15) is 5.82 Å². The van der Waals surface area contributed by atoms with Crippen LogP contribution in [0, 0.1) is 22.9 Å². The lowest BCUT2D eigenvalue weighted by atomic mass is 10.1. The van der Waals surface area contributed by atoms with Gasteiger partial charge in [0.05, 0.1) is 4.92 Å². The minimum Gasteiger partial charge on any atom is -0.322 e. The third-order valence-corrected chi connectivity index (χ3v) is 2.98. The van der Waals surface area contributed by atoms with Gasteiger partial charge in [-0.05, 0) is 42.3 Å². The molecule has 1 amide bonds. The molecule has 0 aliphatic heterocycles. The van der Waals surface area contributed by atoms with Crippen molar-refractivity contribution in [2.24, 2.45) is 0 Å². The summed E-state index contributed by atoms with van der Waals surface area (Å²) in [5.41, 5.74) is 1.76. The Morgan fingerprint density at radius 1 is 1.23 bits per heavy atom. The topological polar surface area (TPSA) is 72.2 Å². The Kier molecular flexibility index (Phi) is 4.63. The number of anilines is 1. The first kappa shape index (κ1) is 15.4. The normalized spacial score (nSPS) is 10.6. The van der Waals surface area contributed by atoms with Gasteiger partial charge in [-0.25, -0.2) is 4.39 Å². The molecule has 0 bridgehead atoms. The number of nitrogens with zero attached hydrogens (tertiary/aromatic N) is 1. The zero-order valence-electron chi connectivity index (χ0n) is 11.7. The van der Waals surface area contributed by atoms with Crippen molar-refractivity contribution < 1.29 is 14.1 Å². The average molecular weight is 300 g/mol. The Balaban J connectivity index is 2.05. The molecule has 0 spiro atoms. The standard InChI is InChI=1S/C16H13FN2O3/c1-11-10-14(19(21)22)7-8-15(11)18-16(20)9-4-12-2-5-13(17)6-3-12/h2-10H,1H3,(H,18,20)/b9-4+. The molecule has 0 fully saturated rings. The number of non-ortho nitro benzene ring substituents is 1. The summed E-state index contributed by atoms with van der Waals surface area (Å²) in [6.45, 7) is 1.67. The van der Waals surface area contributed by atoms with Crippen LogP contribution in [-0.2, 0) is 4.79 Å². The van der Waals surface area contributed by atoms with E-state index in [1.54, 1.807) is 25.1 Å². The van der Waals surface area contributed by atoms with E-state index in [1.807, 2.05) is 0 Å². The van der Waals surface area contributed by atoms with Crippen LogP contribution >= 0.6 is 0 Å². The van der Waals surface area contributed by atoms with Crippen LogP contribution in [0.15, 0.2) is 48.5 Å². The minimum absolute atomic E-state index is 0.0302. The Morgan fingerprint density at radius 3 is 2.50 bits per heavy atom. The highest BCUT2D eigenvalue weighted by Crippen LogP contribution is 2.21. The number of hydrogen-bond acceptors (Lipinski definition) is 3. The predicted molar refractivity (Wildman–Crippen MR) is 81.9 cm³/mol. The van der Waals surface area contributed by atoms with Gasteiger partial charge in [-0.3, -0.25) is 14.9 Å². The summed E-state index contributed by atoms with van der Waals surface area (Å²) < 4.78 is 12.8. The maximum Gasteiger partial charge on any atom is 0.269 e. The lowest BCUT2D eigenvalue weighted by molar-refractivity contribution is -0.384. The first-order chi connectivity index (χ1) is 10.5. The van der Waals surface area contributed by atoms with Crippen LogP contribution in [0.3, 0.4) is 0 Å². The van der Waals surface area contributed by atoms with E-state index in [4.69, 9.17) is 0 Å². The zero-order valence-corrected chi connectivity index (χ0v) is 11.7. The number of nitro benzene ring substituents is 1. The lowest BCUT2D eigenvalue weighted by Gasteiger charge is -2.05. The number of carbonyl (C=O) groups is 1. The summed E-state index contributed by atoms with van der Waals surface area (Å²) in [5, 5.41) is 13.3. The van der Waals surface area contributed by atoms with Gasteiger partial charge in [0, 0.05) is 23.9 Å². The highest BCUT2D eigenvalue weighted by Gasteiger charge is 2.09. The molecule has 0 aliphatic carbocycles. The third-order valence-electron chi connectivity index (χ3n) is 2.98. The molecular formula is C16H13FN2O3. The van der Waals surface area contributed by atoms with Gasteiger partial charge in [0.15, 0.2) is 0 Å². The molecule has 0 unspecified atom stereocenters. The van der Waals surface area contributed by atoms with E-state index in [-0.39, 0.29) is 17.4 Å². The third kappa shape index (κ3) is 3.99. The van der Waals surface area contributed by atoms with Crippen molar-refractivity contribution in [2.75, 3.05) is 5.32 Å². The summed E-state index contributed by atoms with van der Waals surface area (Å²) in [5.74, 6) is -0.718. The number of amides is 1. The van der Waals surface area contributed by atoms with Gasteiger partial charge < -0.3 is 5.32 Å². The maximum absolute atomic E-state index is 12.8. The molecule has 0 aliphatic rings. The van der Waals surface area contributed by atoms with E-state index < -0.39 is 4.92 Å². The molecule has 2 rings (SSSR count). The SMILES string of the molecule is Cc1cc([N+](=O)[O-])ccc1NC(=O)/C=C/c1ccc(F)cc1. The van der Waals surface area contributed by atoms with Crippen LogP contribution in [0.1, 0.15) is 11.1 Å². The van der Waals surface area contributed by atoms with E-state index in [0.29, 0.717) is 16.8 Å². The predicted octanol–water partition coefficient (Wildman–Crippen LogP) is 3.69. The molecule has 0 atom stereocenters. The van der Waals surface area contributed by atoms with Crippen molar-refractivity contribution in [2.45, 2.75) is 6.92 Å². The number of benzene rings is 2. The highest BCUT2D eigenvalue weighted by molar-refractivity contribution is 6.02.